The van der Waals surface area contributed by atoms with Crippen molar-refractivity contribution in [2.45, 2.75) is 38.9 Å². The number of hydrogen-bond acceptors (Lipinski definition) is 3. The second-order valence-electron chi connectivity index (χ2n) is 5.18. The van der Waals surface area contributed by atoms with E-state index >= 15 is 0 Å². The Hall–Kier alpha value is -1.95. The van der Waals surface area contributed by atoms with Crippen LogP contribution in [0.15, 0.2) is 24.5 Å². The minimum atomic E-state index is -0.702. The van der Waals surface area contributed by atoms with Gasteiger partial charge in [0.25, 0.3) is 0 Å². The van der Waals surface area contributed by atoms with Crippen LogP contribution in [0.25, 0.3) is 0 Å². The molecule has 1 saturated carbocycles. The number of aromatic nitrogens is 2. The second kappa shape index (κ2) is 5.81. The molecule has 1 heterocycles. The van der Waals surface area contributed by atoms with Crippen LogP contribution in [-0.4, -0.2) is 15.8 Å². The Morgan fingerprint density at radius 3 is 2.62 bits per heavy atom. The van der Waals surface area contributed by atoms with Crippen molar-refractivity contribution in [2.75, 3.05) is 0 Å². The number of rotatable bonds is 6. The highest BCUT2D eigenvalue weighted by Gasteiger charge is 2.21. The van der Waals surface area contributed by atoms with E-state index in [1.165, 1.54) is 18.3 Å². The lowest BCUT2D eigenvalue weighted by molar-refractivity contribution is 0.405. The van der Waals surface area contributed by atoms with E-state index in [4.69, 9.17) is 4.74 Å². The summed E-state index contributed by atoms with van der Waals surface area (Å²) >= 11 is 0. The fourth-order valence-electron chi connectivity index (χ4n) is 2.05. The molecule has 1 fully saturated rings. The zero-order chi connectivity index (χ0) is 14.8. The van der Waals surface area contributed by atoms with Gasteiger partial charge >= 0.3 is 0 Å². The van der Waals surface area contributed by atoms with Crippen LogP contribution < -0.4 is 10.1 Å². The topological polar surface area (TPSA) is 39.1 Å². The molecule has 21 heavy (non-hydrogen) atoms. The van der Waals surface area contributed by atoms with Crippen LogP contribution in [0.5, 0.6) is 11.5 Å². The predicted octanol–water partition coefficient (Wildman–Crippen LogP) is 3.23. The lowest BCUT2D eigenvalue weighted by Gasteiger charge is -2.09. The second-order valence-corrected chi connectivity index (χ2v) is 5.18. The normalized spacial score (nSPS) is 14.4. The Balaban J connectivity index is 1.74. The molecule has 112 valence electrons. The molecule has 4 nitrogen and oxygen atoms in total. The summed E-state index contributed by atoms with van der Waals surface area (Å²) in [5, 5.41) is 7.22. The van der Waals surface area contributed by atoms with Crippen molar-refractivity contribution in [1.29, 1.82) is 0 Å². The first-order valence-corrected chi connectivity index (χ1v) is 7.07. The third-order valence-electron chi connectivity index (χ3n) is 3.38. The maximum Gasteiger partial charge on any atom is 0.198 e. The molecular formula is C15H17F2N3O. The Morgan fingerprint density at radius 2 is 2.05 bits per heavy atom. The van der Waals surface area contributed by atoms with Crippen LogP contribution in [0.1, 0.15) is 25.3 Å². The van der Waals surface area contributed by atoms with E-state index in [0.717, 1.165) is 12.8 Å². The van der Waals surface area contributed by atoms with Gasteiger partial charge in [0.05, 0.1) is 12.4 Å². The van der Waals surface area contributed by atoms with Crippen LogP contribution in [0.4, 0.5) is 8.78 Å². The predicted molar refractivity (Wildman–Crippen MR) is 74.2 cm³/mol. The lowest BCUT2D eigenvalue weighted by atomic mass is 10.2. The first kappa shape index (κ1) is 14.0. The number of nitrogens with zero attached hydrogens (tertiary/aromatic N) is 2. The molecule has 0 atom stereocenters. The van der Waals surface area contributed by atoms with Crippen molar-refractivity contribution in [1.82, 2.24) is 15.1 Å². The van der Waals surface area contributed by atoms with Gasteiger partial charge < -0.3 is 10.1 Å². The average Bonchev–Trinajstić information content (AvgIpc) is 3.18. The molecule has 0 saturated heterocycles. The maximum atomic E-state index is 14.0. The van der Waals surface area contributed by atoms with E-state index in [1.54, 1.807) is 10.9 Å². The van der Waals surface area contributed by atoms with Gasteiger partial charge in [0.1, 0.15) is 0 Å². The van der Waals surface area contributed by atoms with Crippen LogP contribution >= 0.6 is 0 Å². The van der Waals surface area contributed by atoms with Gasteiger partial charge in [-0.15, -0.1) is 0 Å². The lowest BCUT2D eigenvalue weighted by Crippen LogP contribution is -2.15. The Labute approximate surface area is 121 Å². The average molecular weight is 293 g/mol. The number of nitrogens with one attached hydrogen (secondary N) is 1. The van der Waals surface area contributed by atoms with Gasteiger partial charge in [0.15, 0.2) is 23.1 Å². The molecule has 0 amide bonds. The highest BCUT2D eigenvalue weighted by atomic mass is 19.1. The van der Waals surface area contributed by atoms with E-state index in [2.05, 4.69) is 10.4 Å². The van der Waals surface area contributed by atoms with Gasteiger partial charge in [-0.2, -0.15) is 5.10 Å². The van der Waals surface area contributed by atoms with E-state index in [1.807, 2.05) is 6.92 Å². The Bertz CT molecular complexity index is 615. The Morgan fingerprint density at radius 1 is 1.33 bits per heavy atom. The van der Waals surface area contributed by atoms with Crippen molar-refractivity contribution in [3.63, 3.8) is 0 Å². The molecule has 1 aromatic heterocycles. The first-order valence-electron chi connectivity index (χ1n) is 7.07. The number of halogens is 2. The first-order chi connectivity index (χ1) is 10.2. The highest BCUT2D eigenvalue weighted by Crippen LogP contribution is 2.29. The van der Waals surface area contributed by atoms with Crippen molar-refractivity contribution in [2.24, 2.45) is 0 Å². The van der Waals surface area contributed by atoms with Gasteiger partial charge in [-0.25, -0.2) is 8.78 Å². The van der Waals surface area contributed by atoms with E-state index in [-0.39, 0.29) is 5.75 Å². The summed E-state index contributed by atoms with van der Waals surface area (Å²) < 4.78 is 34.9. The number of aryl methyl sites for hydroxylation is 1. The van der Waals surface area contributed by atoms with Crippen LogP contribution in [-0.2, 0) is 13.1 Å². The molecule has 1 aromatic carbocycles. The van der Waals surface area contributed by atoms with E-state index < -0.39 is 11.6 Å². The summed E-state index contributed by atoms with van der Waals surface area (Å²) in [6.45, 7) is 3.05. The summed E-state index contributed by atoms with van der Waals surface area (Å²) in [5.74, 6) is -1.47. The molecule has 0 aliphatic heterocycles. The molecule has 0 unspecified atom stereocenters. The minimum absolute atomic E-state index is 0.318. The van der Waals surface area contributed by atoms with Crippen molar-refractivity contribution < 1.29 is 13.5 Å². The van der Waals surface area contributed by atoms with E-state index in [9.17, 15) is 8.78 Å². The summed E-state index contributed by atoms with van der Waals surface area (Å²) in [6, 6.07) is 3.10. The molecule has 0 radical (unpaired) electrons. The highest BCUT2D eigenvalue weighted by molar-refractivity contribution is 5.34. The van der Waals surface area contributed by atoms with Crippen LogP contribution in [0, 0.1) is 11.6 Å². The van der Waals surface area contributed by atoms with Crippen molar-refractivity contribution in [3.05, 3.63) is 41.7 Å². The number of ether oxygens (including phenoxy) is 1. The van der Waals surface area contributed by atoms with Gasteiger partial charge in [-0.3, -0.25) is 4.68 Å². The number of benzene rings is 1. The van der Waals surface area contributed by atoms with Gasteiger partial charge in [0.2, 0.25) is 0 Å². The molecular weight excluding hydrogens is 276 g/mol. The molecule has 3 rings (SSSR count). The van der Waals surface area contributed by atoms with Crippen molar-refractivity contribution >= 4 is 0 Å². The zero-order valence-electron chi connectivity index (χ0n) is 11.8. The van der Waals surface area contributed by atoms with Crippen molar-refractivity contribution in [3.8, 4) is 11.5 Å². The van der Waals surface area contributed by atoms with Gasteiger partial charge in [-0.05, 0) is 37.5 Å². The maximum absolute atomic E-state index is 14.0. The molecule has 6 heteroatoms. The fraction of sp³-hybridized carbons (Fsp3) is 0.400. The fourth-order valence-corrected chi connectivity index (χ4v) is 2.05. The molecule has 0 bridgehead atoms. The quantitative estimate of drug-likeness (QED) is 0.888. The summed E-state index contributed by atoms with van der Waals surface area (Å²) in [4.78, 5) is 0. The molecule has 1 aliphatic carbocycles. The Kier molecular flexibility index (Phi) is 3.88. The summed E-state index contributed by atoms with van der Waals surface area (Å²) in [5.41, 5.74) is 0.577. The molecule has 1 N–H and O–H groups in total. The van der Waals surface area contributed by atoms with E-state index in [0.29, 0.717) is 30.4 Å². The molecule has 2 aromatic rings. The summed E-state index contributed by atoms with van der Waals surface area (Å²) in [7, 11) is 0. The van der Waals surface area contributed by atoms with Crippen LogP contribution in [0.3, 0.4) is 0 Å². The zero-order valence-corrected chi connectivity index (χ0v) is 11.8. The van der Waals surface area contributed by atoms with Gasteiger partial charge in [-0.1, -0.05) is 0 Å². The number of hydrogen-bond donors (Lipinski definition) is 1. The SMILES string of the molecule is CCn1cc(Oc2c(F)cc(CNC3CC3)cc2F)cn1. The molecule has 1 aliphatic rings. The largest absolute Gasteiger partial charge is 0.448 e. The minimum Gasteiger partial charge on any atom is -0.448 e. The standard InChI is InChI=1S/C15H17F2N3O/c1-2-20-9-12(8-19-20)21-15-13(16)5-10(6-14(15)17)7-18-11-3-4-11/h5-6,8-9,11,18H,2-4,7H2,1H3. The summed E-state index contributed by atoms with van der Waals surface area (Å²) in [6.07, 6.45) is 5.30. The van der Waals surface area contributed by atoms with Crippen LogP contribution in [0.2, 0.25) is 0 Å². The monoisotopic (exact) mass is 293 g/mol. The smallest absolute Gasteiger partial charge is 0.198 e. The third-order valence-corrected chi connectivity index (χ3v) is 3.38. The third kappa shape index (κ3) is 3.39. The van der Waals surface area contributed by atoms with Gasteiger partial charge in [0, 0.05) is 19.1 Å². The molecule has 0 spiro atoms.